The number of nitrogens with one attached hydrogen (secondary N) is 1. The summed E-state index contributed by atoms with van der Waals surface area (Å²) < 4.78 is 5.16. The molecular weight excluding hydrogens is 268 g/mol. The highest BCUT2D eigenvalue weighted by Crippen LogP contribution is 2.26. The molecule has 1 aromatic carbocycles. The van der Waals surface area contributed by atoms with Crippen molar-refractivity contribution < 1.29 is 14.6 Å². The van der Waals surface area contributed by atoms with Gasteiger partial charge in [0.05, 0.1) is 19.8 Å². The predicted molar refractivity (Wildman–Crippen MR) is 80.7 cm³/mol. The zero-order valence-corrected chi connectivity index (χ0v) is 12.5. The first-order chi connectivity index (χ1) is 10.2. The topological polar surface area (TPSA) is 61.8 Å². The molecular formula is C16H24N2O3. The van der Waals surface area contributed by atoms with Gasteiger partial charge in [0, 0.05) is 26.2 Å². The molecule has 1 fully saturated rings. The molecule has 0 aromatic heterocycles. The molecule has 5 nitrogen and oxygen atoms in total. The van der Waals surface area contributed by atoms with Crippen molar-refractivity contribution in [2.24, 2.45) is 0 Å². The number of carbonyl (C=O) groups is 1. The third kappa shape index (κ3) is 5.12. The number of aliphatic hydroxyl groups excluding tert-OH is 1. The highest BCUT2D eigenvalue weighted by atomic mass is 16.5. The number of benzene rings is 1. The van der Waals surface area contributed by atoms with Gasteiger partial charge in [0.15, 0.2) is 0 Å². The van der Waals surface area contributed by atoms with Crippen LogP contribution in [0.3, 0.4) is 0 Å². The fourth-order valence-corrected chi connectivity index (χ4v) is 2.42. The summed E-state index contributed by atoms with van der Waals surface area (Å²) in [6, 6.07) is 8.41. The quantitative estimate of drug-likeness (QED) is 0.710. The van der Waals surface area contributed by atoms with Gasteiger partial charge in [0.1, 0.15) is 0 Å². The smallest absolute Gasteiger partial charge is 0.234 e. The summed E-state index contributed by atoms with van der Waals surface area (Å²) >= 11 is 0. The minimum atomic E-state index is 0.00238. The van der Waals surface area contributed by atoms with E-state index in [2.05, 4.69) is 10.2 Å². The highest BCUT2D eigenvalue weighted by Gasteiger charge is 2.29. The van der Waals surface area contributed by atoms with E-state index in [0.717, 1.165) is 24.0 Å². The number of rotatable bonds is 9. The van der Waals surface area contributed by atoms with Crippen LogP contribution in [0.5, 0.6) is 0 Å². The van der Waals surface area contributed by atoms with Crippen molar-refractivity contribution in [3.05, 3.63) is 35.4 Å². The van der Waals surface area contributed by atoms with Gasteiger partial charge in [-0.1, -0.05) is 24.3 Å². The monoisotopic (exact) mass is 292 g/mol. The van der Waals surface area contributed by atoms with Crippen molar-refractivity contribution >= 4 is 5.91 Å². The zero-order valence-electron chi connectivity index (χ0n) is 12.5. The van der Waals surface area contributed by atoms with Gasteiger partial charge in [-0.25, -0.2) is 0 Å². The van der Waals surface area contributed by atoms with E-state index in [-0.39, 0.29) is 12.5 Å². The van der Waals surface area contributed by atoms with E-state index >= 15 is 0 Å². The van der Waals surface area contributed by atoms with Crippen molar-refractivity contribution in [3.8, 4) is 0 Å². The Labute approximate surface area is 125 Å². The molecule has 0 spiro atoms. The Morgan fingerprint density at radius 2 is 2.10 bits per heavy atom. The Morgan fingerprint density at radius 1 is 1.38 bits per heavy atom. The molecule has 1 aliphatic rings. The van der Waals surface area contributed by atoms with Crippen molar-refractivity contribution in [2.75, 3.05) is 26.8 Å². The third-order valence-electron chi connectivity index (χ3n) is 3.69. The molecule has 0 atom stereocenters. The molecule has 0 radical (unpaired) electrons. The van der Waals surface area contributed by atoms with Crippen LogP contribution in [0.25, 0.3) is 0 Å². The molecule has 0 bridgehead atoms. The first-order valence-electron chi connectivity index (χ1n) is 7.42. The lowest BCUT2D eigenvalue weighted by Crippen LogP contribution is -2.39. The summed E-state index contributed by atoms with van der Waals surface area (Å²) in [6.07, 6.45) is 2.26. The Morgan fingerprint density at radius 3 is 2.71 bits per heavy atom. The predicted octanol–water partition coefficient (Wildman–Crippen LogP) is 0.906. The van der Waals surface area contributed by atoms with Crippen molar-refractivity contribution in [2.45, 2.75) is 32.0 Å². The first kappa shape index (κ1) is 15.9. The van der Waals surface area contributed by atoms with E-state index < -0.39 is 0 Å². The van der Waals surface area contributed by atoms with Crippen molar-refractivity contribution in [1.29, 1.82) is 0 Å². The number of ether oxygens (including phenoxy) is 1. The number of hydrogen-bond acceptors (Lipinski definition) is 4. The number of amides is 1. The SMILES string of the molecule is COCc1ccccc1CNC(=O)CN(CCO)C1CC1. The van der Waals surface area contributed by atoms with E-state index in [9.17, 15) is 4.79 Å². The lowest BCUT2D eigenvalue weighted by atomic mass is 10.1. The van der Waals surface area contributed by atoms with Crippen LogP contribution in [0, 0.1) is 0 Å². The van der Waals surface area contributed by atoms with Crippen LogP contribution in [0.4, 0.5) is 0 Å². The number of aliphatic hydroxyl groups is 1. The molecule has 0 unspecified atom stereocenters. The lowest BCUT2D eigenvalue weighted by molar-refractivity contribution is -0.122. The molecule has 1 saturated carbocycles. The minimum absolute atomic E-state index is 0.00238. The van der Waals surface area contributed by atoms with E-state index in [4.69, 9.17) is 9.84 Å². The van der Waals surface area contributed by atoms with E-state index in [1.165, 1.54) is 0 Å². The lowest BCUT2D eigenvalue weighted by Gasteiger charge is -2.20. The normalized spacial score (nSPS) is 14.4. The average molecular weight is 292 g/mol. The van der Waals surface area contributed by atoms with Gasteiger partial charge in [-0.3, -0.25) is 9.69 Å². The van der Waals surface area contributed by atoms with Gasteiger partial charge in [-0.15, -0.1) is 0 Å². The maximum atomic E-state index is 12.0. The highest BCUT2D eigenvalue weighted by molar-refractivity contribution is 5.78. The minimum Gasteiger partial charge on any atom is -0.395 e. The molecule has 0 saturated heterocycles. The second kappa shape index (κ2) is 8.12. The summed E-state index contributed by atoms with van der Waals surface area (Å²) in [5.74, 6) is 0.00238. The Hall–Kier alpha value is -1.43. The van der Waals surface area contributed by atoms with Crippen LogP contribution in [0.2, 0.25) is 0 Å². The molecule has 1 aromatic rings. The summed E-state index contributed by atoms with van der Waals surface area (Å²) in [4.78, 5) is 14.1. The molecule has 5 heteroatoms. The third-order valence-corrected chi connectivity index (χ3v) is 3.69. The van der Waals surface area contributed by atoms with E-state index in [0.29, 0.717) is 32.3 Å². The van der Waals surface area contributed by atoms with Gasteiger partial charge in [0.25, 0.3) is 0 Å². The van der Waals surface area contributed by atoms with Gasteiger partial charge >= 0.3 is 0 Å². The standard InChI is InChI=1S/C16H24N2O3/c1-21-12-14-5-3-2-4-13(14)10-17-16(20)11-18(8-9-19)15-6-7-15/h2-5,15,19H,6-12H2,1H3,(H,17,20). The van der Waals surface area contributed by atoms with Crippen LogP contribution >= 0.6 is 0 Å². The summed E-state index contributed by atoms with van der Waals surface area (Å²) in [5.41, 5.74) is 2.17. The van der Waals surface area contributed by atoms with Crippen LogP contribution < -0.4 is 5.32 Å². The maximum Gasteiger partial charge on any atom is 0.234 e. The van der Waals surface area contributed by atoms with Gasteiger partial charge in [-0.05, 0) is 24.0 Å². The molecule has 1 aliphatic carbocycles. The second-order valence-corrected chi connectivity index (χ2v) is 5.40. The van der Waals surface area contributed by atoms with Crippen LogP contribution in [-0.4, -0.2) is 48.8 Å². The molecule has 1 amide bonds. The Bertz CT molecular complexity index is 461. The molecule has 2 rings (SSSR count). The Kier molecular flexibility index (Phi) is 6.17. The van der Waals surface area contributed by atoms with Crippen LogP contribution in [0.15, 0.2) is 24.3 Å². The zero-order chi connectivity index (χ0) is 15.1. The van der Waals surface area contributed by atoms with E-state index in [1.54, 1.807) is 7.11 Å². The van der Waals surface area contributed by atoms with Gasteiger partial charge in [0.2, 0.25) is 5.91 Å². The van der Waals surface area contributed by atoms with Gasteiger partial charge < -0.3 is 15.2 Å². The molecule has 0 heterocycles. The van der Waals surface area contributed by atoms with Crippen LogP contribution in [0.1, 0.15) is 24.0 Å². The number of hydrogen-bond donors (Lipinski definition) is 2. The summed E-state index contributed by atoms with van der Waals surface area (Å²) in [7, 11) is 1.66. The average Bonchev–Trinajstić information content (AvgIpc) is 3.31. The Balaban J connectivity index is 1.83. The second-order valence-electron chi connectivity index (χ2n) is 5.40. The molecule has 116 valence electrons. The summed E-state index contributed by atoms with van der Waals surface area (Å²) in [6.45, 7) is 2.08. The largest absolute Gasteiger partial charge is 0.395 e. The molecule has 21 heavy (non-hydrogen) atoms. The fraction of sp³-hybridized carbons (Fsp3) is 0.562. The molecule has 2 N–H and O–H groups in total. The van der Waals surface area contributed by atoms with E-state index in [1.807, 2.05) is 24.3 Å². The first-order valence-corrected chi connectivity index (χ1v) is 7.42. The number of carbonyl (C=O) groups excluding carboxylic acids is 1. The van der Waals surface area contributed by atoms with Gasteiger partial charge in [-0.2, -0.15) is 0 Å². The number of nitrogens with zero attached hydrogens (tertiary/aromatic N) is 1. The summed E-state index contributed by atoms with van der Waals surface area (Å²) in [5, 5.41) is 12.0. The molecule has 0 aliphatic heterocycles. The number of methoxy groups -OCH3 is 1. The van der Waals surface area contributed by atoms with Crippen LogP contribution in [-0.2, 0) is 22.7 Å². The maximum absolute atomic E-state index is 12.0. The van der Waals surface area contributed by atoms with Crippen molar-refractivity contribution in [3.63, 3.8) is 0 Å². The van der Waals surface area contributed by atoms with Crippen molar-refractivity contribution in [1.82, 2.24) is 10.2 Å². The fourth-order valence-electron chi connectivity index (χ4n) is 2.42.